The van der Waals surface area contributed by atoms with Crippen LogP contribution in [0.1, 0.15) is 26.7 Å². The fraction of sp³-hybridized carbons (Fsp3) is 0.800. The molecule has 0 aromatic carbocycles. The van der Waals surface area contributed by atoms with Crippen molar-refractivity contribution in [1.29, 1.82) is 0 Å². The molecular formula is C10H14O4. The van der Waals surface area contributed by atoms with Crippen molar-refractivity contribution in [2.45, 2.75) is 26.7 Å². The molecule has 78 valence electrons. The van der Waals surface area contributed by atoms with Gasteiger partial charge in [0.1, 0.15) is 0 Å². The topological polar surface area (TPSA) is 63.6 Å². The van der Waals surface area contributed by atoms with Gasteiger partial charge in [0.05, 0.1) is 17.9 Å². The summed E-state index contributed by atoms with van der Waals surface area (Å²) in [6, 6.07) is 0. The highest BCUT2D eigenvalue weighted by Crippen LogP contribution is 2.60. The van der Waals surface area contributed by atoms with Gasteiger partial charge < -0.3 is 9.84 Å². The molecular weight excluding hydrogens is 184 g/mol. The van der Waals surface area contributed by atoms with Crippen molar-refractivity contribution >= 4 is 11.9 Å². The van der Waals surface area contributed by atoms with E-state index in [1.165, 1.54) is 0 Å². The van der Waals surface area contributed by atoms with Crippen molar-refractivity contribution < 1.29 is 19.4 Å². The molecule has 1 N–H and O–H groups in total. The molecule has 0 radical (unpaired) electrons. The highest BCUT2D eigenvalue weighted by atomic mass is 16.5. The second-order valence-electron chi connectivity index (χ2n) is 4.76. The number of rotatable bonds is 1. The summed E-state index contributed by atoms with van der Waals surface area (Å²) < 4.78 is 5.00. The van der Waals surface area contributed by atoms with E-state index in [1.54, 1.807) is 0 Å². The molecule has 1 saturated heterocycles. The monoisotopic (exact) mass is 198 g/mol. The lowest BCUT2D eigenvalue weighted by atomic mass is 9.66. The van der Waals surface area contributed by atoms with Crippen molar-refractivity contribution in [1.82, 2.24) is 0 Å². The average Bonchev–Trinajstić information content (AvgIpc) is 2.47. The molecule has 1 heterocycles. The first kappa shape index (κ1) is 9.49. The number of ether oxygens (including phenoxy) is 1. The molecule has 2 fully saturated rings. The van der Waals surface area contributed by atoms with Crippen LogP contribution < -0.4 is 0 Å². The van der Waals surface area contributed by atoms with Gasteiger partial charge in [-0.1, -0.05) is 6.92 Å². The average molecular weight is 198 g/mol. The van der Waals surface area contributed by atoms with E-state index in [2.05, 4.69) is 0 Å². The zero-order chi connectivity index (χ0) is 10.6. The number of carboxylic acid groups (broad SMARTS) is 1. The fourth-order valence-electron chi connectivity index (χ4n) is 2.79. The van der Waals surface area contributed by atoms with Crippen LogP contribution in [0.15, 0.2) is 0 Å². The summed E-state index contributed by atoms with van der Waals surface area (Å²) in [4.78, 5) is 22.6. The molecule has 3 unspecified atom stereocenters. The fourth-order valence-corrected chi connectivity index (χ4v) is 2.79. The Labute approximate surface area is 82.2 Å². The summed E-state index contributed by atoms with van der Waals surface area (Å²) >= 11 is 0. The Morgan fingerprint density at radius 3 is 2.79 bits per heavy atom. The Bertz CT molecular complexity index is 311. The van der Waals surface area contributed by atoms with Crippen LogP contribution in [0.4, 0.5) is 0 Å². The summed E-state index contributed by atoms with van der Waals surface area (Å²) in [7, 11) is 0. The second kappa shape index (κ2) is 2.49. The van der Waals surface area contributed by atoms with Crippen LogP contribution in [-0.4, -0.2) is 23.7 Å². The SMILES string of the molecule is CC12CCC(C(=O)O)C1(C)COC2=O. The third kappa shape index (κ3) is 0.837. The lowest BCUT2D eigenvalue weighted by molar-refractivity contribution is -0.146. The van der Waals surface area contributed by atoms with Crippen molar-refractivity contribution in [3.8, 4) is 0 Å². The quantitative estimate of drug-likeness (QED) is 0.639. The number of hydrogen-bond acceptors (Lipinski definition) is 3. The first-order valence-corrected chi connectivity index (χ1v) is 4.82. The summed E-state index contributed by atoms with van der Waals surface area (Å²) in [6.45, 7) is 3.92. The maximum absolute atomic E-state index is 11.5. The molecule has 2 aliphatic rings. The van der Waals surface area contributed by atoms with E-state index in [-0.39, 0.29) is 12.6 Å². The van der Waals surface area contributed by atoms with Crippen molar-refractivity contribution in [3.05, 3.63) is 0 Å². The lowest BCUT2D eigenvalue weighted by Crippen LogP contribution is -2.40. The molecule has 14 heavy (non-hydrogen) atoms. The minimum Gasteiger partial charge on any atom is -0.481 e. The second-order valence-corrected chi connectivity index (χ2v) is 4.76. The van der Waals surface area contributed by atoms with Gasteiger partial charge in [0.2, 0.25) is 0 Å². The van der Waals surface area contributed by atoms with Crippen LogP contribution in [0.3, 0.4) is 0 Å². The van der Waals surface area contributed by atoms with Crippen LogP contribution in [0, 0.1) is 16.7 Å². The van der Waals surface area contributed by atoms with E-state index in [0.29, 0.717) is 12.8 Å². The minimum absolute atomic E-state index is 0.233. The molecule has 2 rings (SSSR count). The van der Waals surface area contributed by atoms with Crippen LogP contribution in [0.25, 0.3) is 0 Å². The highest BCUT2D eigenvalue weighted by Gasteiger charge is 2.65. The standard InChI is InChI=1S/C10H14O4/c1-9-4-3-6(7(11)12)10(9,2)5-14-8(9)13/h6H,3-5H2,1-2H3,(H,11,12). The summed E-state index contributed by atoms with van der Waals surface area (Å²) in [6.07, 6.45) is 1.21. The van der Waals surface area contributed by atoms with Gasteiger partial charge in [0, 0.05) is 5.41 Å². The van der Waals surface area contributed by atoms with E-state index in [1.807, 2.05) is 13.8 Å². The number of esters is 1. The Morgan fingerprint density at radius 1 is 1.57 bits per heavy atom. The molecule has 1 aliphatic heterocycles. The van der Waals surface area contributed by atoms with Gasteiger partial charge in [-0.25, -0.2) is 0 Å². The lowest BCUT2D eigenvalue weighted by Gasteiger charge is -2.31. The van der Waals surface area contributed by atoms with Crippen LogP contribution in [0.5, 0.6) is 0 Å². The number of carboxylic acids is 1. The van der Waals surface area contributed by atoms with Crippen molar-refractivity contribution in [2.24, 2.45) is 16.7 Å². The van der Waals surface area contributed by atoms with Crippen LogP contribution >= 0.6 is 0 Å². The Morgan fingerprint density at radius 2 is 2.21 bits per heavy atom. The predicted molar refractivity (Wildman–Crippen MR) is 47.5 cm³/mol. The predicted octanol–water partition coefficient (Wildman–Crippen LogP) is 1.05. The van der Waals surface area contributed by atoms with Gasteiger partial charge in [-0.05, 0) is 19.8 Å². The summed E-state index contributed by atoms with van der Waals surface area (Å²) in [5.74, 6) is -1.49. The number of aliphatic carboxylic acids is 1. The summed E-state index contributed by atoms with van der Waals surface area (Å²) in [5.41, 5.74) is -1.11. The molecule has 0 amide bonds. The van der Waals surface area contributed by atoms with E-state index < -0.39 is 22.7 Å². The molecule has 0 bridgehead atoms. The van der Waals surface area contributed by atoms with E-state index in [4.69, 9.17) is 9.84 Å². The molecule has 1 saturated carbocycles. The molecule has 1 aliphatic carbocycles. The van der Waals surface area contributed by atoms with Crippen molar-refractivity contribution in [2.75, 3.05) is 6.61 Å². The number of carbonyl (C=O) groups is 2. The van der Waals surface area contributed by atoms with Gasteiger partial charge in [-0.3, -0.25) is 9.59 Å². The summed E-state index contributed by atoms with van der Waals surface area (Å²) in [5, 5.41) is 9.06. The van der Waals surface area contributed by atoms with Crippen LogP contribution in [0.2, 0.25) is 0 Å². The molecule has 4 nitrogen and oxygen atoms in total. The largest absolute Gasteiger partial charge is 0.481 e. The number of carbonyl (C=O) groups excluding carboxylic acids is 1. The third-order valence-corrected chi connectivity index (χ3v) is 4.21. The first-order valence-electron chi connectivity index (χ1n) is 4.82. The third-order valence-electron chi connectivity index (χ3n) is 4.21. The molecule has 0 spiro atoms. The minimum atomic E-state index is -0.811. The van der Waals surface area contributed by atoms with Crippen LogP contribution in [-0.2, 0) is 14.3 Å². The number of hydrogen-bond donors (Lipinski definition) is 1. The smallest absolute Gasteiger partial charge is 0.312 e. The van der Waals surface area contributed by atoms with E-state index in [9.17, 15) is 9.59 Å². The Hall–Kier alpha value is -1.06. The number of fused-ring (bicyclic) bond motifs is 1. The normalized spacial score (nSPS) is 46.1. The Kier molecular flexibility index (Phi) is 1.69. The zero-order valence-corrected chi connectivity index (χ0v) is 8.37. The maximum atomic E-state index is 11.5. The van der Waals surface area contributed by atoms with E-state index in [0.717, 1.165) is 0 Å². The van der Waals surface area contributed by atoms with Gasteiger partial charge in [0.15, 0.2) is 0 Å². The van der Waals surface area contributed by atoms with Gasteiger partial charge in [-0.2, -0.15) is 0 Å². The number of cyclic esters (lactones) is 1. The molecule has 0 aromatic heterocycles. The molecule has 3 atom stereocenters. The van der Waals surface area contributed by atoms with Crippen molar-refractivity contribution in [3.63, 3.8) is 0 Å². The first-order chi connectivity index (χ1) is 6.42. The molecule has 0 aromatic rings. The maximum Gasteiger partial charge on any atom is 0.312 e. The molecule has 4 heteroatoms. The zero-order valence-electron chi connectivity index (χ0n) is 8.37. The van der Waals surface area contributed by atoms with E-state index >= 15 is 0 Å². The van der Waals surface area contributed by atoms with Gasteiger partial charge in [0.25, 0.3) is 0 Å². The highest BCUT2D eigenvalue weighted by molar-refractivity contribution is 5.83. The van der Waals surface area contributed by atoms with Gasteiger partial charge in [-0.15, -0.1) is 0 Å². The van der Waals surface area contributed by atoms with Gasteiger partial charge >= 0.3 is 11.9 Å². The Balaban J connectivity index is 2.42.